The molecule has 1 heterocycles. The molecule has 13 nitrogen and oxygen atoms in total. The van der Waals surface area contributed by atoms with Crippen molar-refractivity contribution in [3.05, 3.63) is 88.9 Å². The van der Waals surface area contributed by atoms with Gasteiger partial charge in [0, 0.05) is 23.4 Å². The second-order valence-corrected chi connectivity index (χ2v) is 9.03. The summed E-state index contributed by atoms with van der Waals surface area (Å²) in [4.78, 5) is 34.6. The van der Waals surface area contributed by atoms with E-state index in [0.717, 1.165) is 0 Å². The van der Waals surface area contributed by atoms with E-state index in [-0.39, 0.29) is 17.6 Å². The summed E-state index contributed by atoms with van der Waals surface area (Å²) in [5, 5.41) is 29.7. The lowest BCUT2D eigenvalue weighted by molar-refractivity contribution is -0.607. The van der Waals surface area contributed by atoms with Crippen molar-refractivity contribution < 1.29 is 46.9 Å². The van der Waals surface area contributed by atoms with Crippen LogP contribution < -0.4 is 36.1 Å². The first-order valence-electron chi connectivity index (χ1n) is 12.9. The van der Waals surface area contributed by atoms with E-state index in [2.05, 4.69) is 16.2 Å². The third-order valence-corrected chi connectivity index (χ3v) is 5.33. The van der Waals surface area contributed by atoms with Gasteiger partial charge in [0.25, 0.3) is 11.6 Å². The summed E-state index contributed by atoms with van der Waals surface area (Å²) in [6.07, 6.45) is -3.99. The summed E-state index contributed by atoms with van der Waals surface area (Å²) >= 11 is 0. The van der Waals surface area contributed by atoms with Gasteiger partial charge in [-0.05, 0) is 68.8 Å². The summed E-state index contributed by atoms with van der Waals surface area (Å²) < 4.78 is 43.7. The van der Waals surface area contributed by atoms with E-state index in [4.69, 9.17) is 30.5 Å². The summed E-state index contributed by atoms with van der Waals surface area (Å²) in [5.74, 6) is -3.22. The van der Waals surface area contributed by atoms with E-state index in [1.807, 2.05) is 20.8 Å². The zero-order valence-electron chi connectivity index (χ0n) is 23.8. The molecular formula is C28H31F3N6O7. The van der Waals surface area contributed by atoms with Gasteiger partial charge in [-0.15, -0.1) is 0 Å². The van der Waals surface area contributed by atoms with Crippen LogP contribution >= 0.6 is 0 Å². The van der Waals surface area contributed by atoms with E-state index in [9.17, 15) is 28.0 Å². The number of carboxylic acid groups (broad SMARTS) is 1. The fraction of sp³-hybridized carbons (Fsp3) is 0.250. The van der Waals surface area contributed by atoms with E-state index in [0.29, 0.717) is 39.7 Å². The highest BCUT2D eigenvalue weighted by atomic mass is 19.4. The minimum absolute atomic E-state index is 0.0813. The molecule has 0 radical (unpaired) electrons. The number of aromatic nitrogens is 1. The van der Waals surface area contributed by atoms with Crippen LogP contribution in [0.3, 0.4) is 0 Å². The molecule has 0 saturated carbocycles. The molecule has 0 aliphatic carbocycles. The van der Waals surface area contributed by atoms with Crippen molar-refractivity contribution >= 4 is 29.3 Å². The molecule has 3 aromatic rings. The van der Waals surface area contributed by atoms with E-state index < -0.39 is 30.0 Å². The van der Waals surface area contributed by atoms with Crippen LogP contribution in [-0.2, 0) is 9.59 Å². The van der Waals surface area contributed by atoms with Crippen LogP contribution in [0, 0.1) is 10.6 Å². The van der Waals surface area contributed by atoms with E-state index >= 15 is 0 Å². The van der Waals surface area contributed by atoms with Crippen molar-refractivity contribution in [2.75, 3.05) is 11.9 Å². The van der Waals surface area contributed by atoms with Gasteiger partial charge in [-0.1, -0.05) is 6.07 Å². The lowest BCUT2D eigenvalue weighted by Gasteiger charge is -2.22. The number of nitrogen functional groups attached to an aromatic ring is 1. The maximum absolute atomic E-state index is 13.3. The number of halogens is 3. The Labute approximate surface area is 249 Å². The number of pyridine rings is 1. The summed E-state index contributed by atoms with van der Waals surface area (Å²) in [6.45, 7) is 6.02. The molecule has 0 aliphatic heterocycles. The zero-order chi connectivity index (χ0) is 33.0. The van der Waals surface area contributed by atoms with Gasteiger partial charge in [0.1, 0.15) is 11.9 Å². The number of carbonyl (C=O) groups is 3. The van der Waals surface area contributed by atoms with Crippen molar-refractivity contribution in [3.8, 4) is 11.5 Å². The highest BCUT2D eigenvalue weighted by molar-refractivity contribution is 5.96. The molecule has 0 bridgehead atoms. The fourth-order valence-corrected chi connectivity index (χ4v) is 3.40. The Bertz CT molecular complexity index is 1470. The Kier molecular flexibility index (Phi) is 12.3. The molecule has 44 heavy (non-hydrogen) atoms. The second-order valence-electron chi connectivity index (χ2n) is 9.03. The molecule has 2 aromatic carbocycles. The topological polar surface area (TPSA) is 203 Å². The predicted octanol–water partition coefficient (Wildman–Crippen LogP) is 3.04. The number of nitrogens with two attached hydrogens (primary N) is 1. The van der Waals surface area contributed by atoms with Crippen LogP contribution in [0.1, 0.15) is 48.4 Å². The number of rotatable bonds is 10. The number of amidine groups is 1. The SMILES string of the molecule is CCOc1cc(C(Nc2ccc(C(=N)N)cc2)C(=O)NNC(=O)c2cccc[n+]2[O-])ccc1OC(C)C.O=C(O)C(F)(F)F. The van der Waals surface area contributed by atoms with Gasteiger partial charge in [-0.3, -0.25) is 25.8 Å². The van der Waals surface area contributed by atoms with Crippen LogP contribution in [0.25, 0.3) is 0 Å². The molecule has 1 atom stereocenters. The molecule has 0 saturated heterocycles. The first-order valence-corrected chi connectivity index (χ1v) is 12.9. The number of alkyl halides is 3. The lowest BCUT2D eigenvalue weighted by Crippen LogP contribution is -2.48. The van der Waals surface area contributed by atoms with Crippen LogP contribution in [0.2, 0.25) is 0 Å². The molecule has 0 fully saturated rings. The Morgan fingerprint density at radius 3 is 2.20 bits per heavy atom. The monoisotopic (exact) mass is 620 g/mol. The summed E-state index contributed by atoms with van der Waals surface area (Å²) in [7, 11) is 0. The summed E-state index contributed by atoms with van der Waals surface area (Å²) in [5.41, 5.74) is 11.6. The molecule has 1 aromatic heterocycles. The van der Waals surface area contributed by atoms with Gasteiger partial charge in [0.05, 0.1) is 12.7 Å². The maximum Gasteiger partial charge on any atom is 0.490 e. The Morgan fingerprint density at radius 1 is 1.05 bits per heavy atom. The normalized spacial score (nSPS) is 11.3. The number of hydrogen-bond acceptors (Lipinski definition) is 8. The van der Waals surface area contributed by atoms with Crippen molar-refractivity contribution in [3.63, 3.8) is 0 Å². The highest BCUT2D eigenvalue weighted by Crippen LogP contribution is 2.33. The van der Waals surface area contributed by atoms with Gasteiger partial charge in [-0.2, -0.15) is 17.9 Å². The number of carbonyl (C=O) groups excluding carboxylic acids is 2. The molecule has 0 spiro atoms. The fourth-order valence-electron chi connectivity index (χ4n) is 3.40. The molecule has 16 heteroatoms. The molecule has 236 valence electrons. The number of carboxylic acids is 1. The second kappa shape index (κ2) is 15.6. The Hall–Kier alpha value is -5.54. The quantitative estimate of drug-likeness (QED) is 0.0647. The van der Waals surface area contributed by atoms with Crippen molar-refractivity contribution in [2.24, 2.45) is 5.73 Å². The Balaban J connectivity index is 0.000000860. The third-order valence-electron chi connectivity index (χ3n) is 5.33. The molecule has 7 N–H and O–H groups in total. The first-order chi connectivity index (χ1) is 20.6. The van der Waals surface area contributed by atoms with E-state index in [1.165, 1.54) is 24.4 Å². The van der Waals surface area contributed by atoms with Gasteiger partial charge in [-0.25, -0.2) is 4.79 Å². The van der Waals surface area contributed by atoms with Crippen LogP contribution in [0.5, 0.6) is 11.5 Å². The van der Waals surface area contributed by atoms with Crippen LogP contribution in [0.4, 0.5) is 18.9 Å². The molecule has 2 amide bonds. The number of hydrogen-bond donors (Lipinski definition) is 6. The van der Waals surface area contributed by atoms with Gasteiger partial charge in [0.15, 0.2) is 17.7 Å². The number of hydrazine groups is 1. The number of ether oxygens (including phenoxy) is 2. The smallest absolute Gasteiger partial charge is 0.490 e. The average Bonchev–Trinajstić information content (AvgIpc) is 2.95. The van der Waals surface area contributed by atoms with Crippen molar-refractivity contribution in [2.45, 2.75) is 39.1 Å². The number of nitrogens with one attached hydrogen (secondary N) is 4. The first kappa shape index (κ1) is 34.7. The number of aliphatic carboxylic acids is 1. The van der Waals surface area contributed by atoms with Gasteiger partial charge >= 0.3 is 18.1 Å². The Morgan fingerprint density at radius 2 is 1.68 bits per heavy atom. The van der Waals surface area contributed by atoms with Crippen LogP contribution in [0.15, 0.2) is 66.9 Å². The van der Waals surface area contributed by atoms with Crippen molar-refractivity contribution in [1.82, 2.24) is 10.9 Å². The molecule has 3 rings (SSSR count). The van der Waals surface area contributed by atoms with Crippen molar-refractivity contribution in [1.29, 1.82) is 5.41 Å². The largest absolute Gasteiger partial charge is 0.618 e. The molecule has 0 aliphatic rings. The summed E-state index contributed by atoms with van der Waals surface area (Å²) in [6, 6.07) is 15.2. The third kappa shape index (κ3) is 10.4. The van der Waals surface area contributed by atoms with Gasteiger partial charge in [0.2, 0.25) is 0 Å². The molecular weight excluding hydrogens is 589 g/mol. The van der Waals surface area contributed by atoms with E-state index in [1.54, 1.807) is 42.5 Å². The number of anilines is 1. The minimum atomic E-state index is -5.08. The number of nitrogens with zero attached hydrogens (tertiary/aromatic N) is 1. The maximum atomic E-state index is 13.3. The zero-order valence-corrected chi connectivity index (χ0v) is 23.8. The standard InChI is InChI=1S/C26H30N6O5.C2HF3O2/c1-4-36-22-15-18(10-13-21(22)37-16(2)3)23(29-19-11-8-17(9-12-19)24(27)28)26(34)31-30-25(33)20-7-5-6-14-32(20)35;3-2(4,5)1(6)7/h5-16,23,29H,4H2,1-3H3,(H3,27,28)(H,30,33)(H,31,34);(H,6,7). The van der Waals surface area contributed by atoms with Gasteiger partial charge < -0.3 is 30.8 Å². The predicted molar refractivity (Wildman–Crippen MR) is 152 cm³/mol. The lowest BCUT2D eigenvalue weighted by atomic mass is 10.0. The number of benzene rings is 2. The highest BCUT2D eigenvalue weighted by Gasteiger charge is 2.38. The van der Waals surface area contributed by atoms with Crippen LogP contribution in [-0.4, -0.2) is 47.6 Å². The molecule has 1 unspecified atom stereocenters. The number of amides is 2. The average molecular weight is 621 g/mol. The minimum Gasteiger partial charge on any atom is -0.618 e.